The third kappa shape index (κ3) is 70.8. The monoisotopic (exact) mass is 1440 g/mol. The fourth-order valence-corrected chi connectivity index (χ4v) is 10.7. The molecule has 100 heavy (non-hydrogen) atoms. The molecule has 0 aliphatic carbocycles. The van der Waals surface area contributed by atoms with Crippen LogP contribution in [0.4, 0.5) is 0 Å². The minimum absolute atomic E-state index is 0.0719. The lowest BCUT2D eigenvalue weighted by Crippen LogP contribution is -2.30. The first-order valence-corrected chi connectivity index (χ1v) is 40.4. The summed E-state index contributed by atoms with van der Waals surface area (Å²) in [7, 11) is -10.0. The third-order valence-corrected chi connectivity index (χ3v) is 16.6. The third-order valence-electron chi connectivity index (χ3n) is 14.7. The fourth-order valence-electron chi connectivity index (χ4n) is 9.08. The Morgan fingerprint density at radius 3 is 0.910 bits per heavy atom. The molecule has 0 fully saturated rings. The number of allylic oxidation sites excluding steroid dienone is 27. The van der Waals surface area contributed by atoms with Gasteiger partial charge in [0.25, 0.3) is 0 Å². The van der Waals surface area contributed by atoms with Crippen LogP contribution < -0.4 is 0 Å². The first kappa shape index (κ1) is 94.4. The molecule has 5 atom stereocenters. The van der Waals surface area contributed by atoms with Gasteiger partial charge in [-0.25, -0.2) is 9.13 Å². The molecule has 0 aliphatic heterocycles. The molecule has 0 aromatic heterocycles. The minimum Gasteiger partial charge on any atom is -0.462 e. The van der Waals surface area contributed by atoms with Gasteiger partial charge in [0.1, 0.15) is 19.3 Å². The van der Waals surface area contributed by atoms with E-state index in [4.69, 9.17) is 37.0 Å². The smallest absolute Gasteiger partial charge is 0.462 e. The predicted molar refractivity (Wildman–Crippen MR) is 408 cm³/mol. The Balaban J connectivity index is 5.46. The normalized spacial score (nSPS) is 14.9. The van der Waals surface area contributed by atoms with Crippen molar-refractivity contribution >= 4 is 39.5 Å². The second kappa shape index (κ2) is 71.8. The summed E-state index contributed by atoms with van der Waals surface area (Å²) in [6.07, 6.45) is 83.9. The van der Waals surface area contributed by atoms with E-state index in [0.29, 0.717) is 25.7 Å². The molecule has 0 rings (SSSR count). The van der Waals surface area contributed by atoms with Gasteiger partial charge in [-0.05, 0) is 148 Å². The summed E-state index contributed by atoms with van der Waals surface area (Å²) in [6, 6.07) is 0. The SMILES string of the molecule is CC/C=C\C/C=C\C/C=C\C/C=C\C/C=C\CCCCCC(=O)OCC(COP(=O)(O)OCC(O)COP(=O)(O)OCC(COC(=O)CCCCCCC/C=C\C/C=C\C/C=C\CC)OC(=O)CCCCCCC/C=C\CCCC)OC(=O)C/C=C\C/C=C\C/C=C\C/C=C\C/C=C\CC. The highest BCUT2D eigenvalue weighted by molar-refractivity contribution is 7.47. The van der Waals surface area contributed by atoms with E-state index >= 15 is 0 Å². The van der Waals surface area contributed by atoms with E-state index in [1.165, 1.54) is 12.8 Å². The Labute approximate surface area is 603 Å². The maximum absolute atomic E-state index is 13.1. The van der Waals surface area contributed by atoms with Crippen LogP contribution in [-0.4, -0.2) is 96.7 Å². The average molecular weight is 1440 g/mol. The molecule has 0 heterocycles. The zero-order valence-electron chi connectivity index (χ0n) is 61.5. The topological polar surface area (TPSA) is 237 Å². The summed E-state index contributed by atoms with van der Waals surface area (Å²) in [5.74, 6) is -2.41. The number of unbranched alkanes of at least 4 members (excludes halogenated alkanes) is 15. The Kier molecular flexibility index (Phi) is 67.8. The first-order valence-electron chi connectivity index (χ1n) is 37.4. The van der Waals surface area contributed by atoms with E-state index in [9.17, 15) is 43.2 Å². The number of rotatable bonds is 68. The molecule has 19 heteroatoms. The van der Waals surface area contributed by atoms with Crippen LogP contribution in [-0.2, 0) is 65.4 Å². The van der Waals surface area contributed by atoms with E-state index in [1.807, 2.05) is 12.2 Å². The van der Waals surface area contributed by atoms with E-state index in [2.05, 4.69) is 174 Å². The Bertz CT molecular complexity index is 2570. The zero-order valence-corrected chi connectivity index (χ0v) is 63.3. The number of phosphoric ester groups is 2. The average Bonchev–Trinajstić information content (AvgIpc) is 0.985. The molecule has 3 N–H and O–H groups in total. The van der Waals surface area contributed by atoms with Crippen LogP contribution in [0.3, 0.4) is 0 Å². The van der Waals surface area contributed by atoms with Crippen molar-refractivity contribution in [3.8, 4) is 0 Å². The van der Waals surface area contributed by atoms with Gasteiger partial charge in [0.05, 0.1) is 32.8 Å². The van der Waals surface area contributed by atoms with Crippen molar-refractivity contribution in [3.63, 3.8) is 0 Å². The van der Waals surface area contributed by atoms with Crippen molar-refractivity contribution in [3.05, 3.63) is 170 Å². The van der Waals surface area contributed by atoms with Gasteiger partial charge in [-0.3, -0.25) is 37.3 Å². The molecule has 566 valence electrons. The zero-order chi connectivity index (χ0) is 73.2. The number of esters is 4. The molecule has 0 spiro atoms. The highest BCUT2D eigenvalue weighted by Gasteiger charge is 2.30. The molecule has 0 amide bonds. The molecular formula is C81H130O17P2. The Morgan fingerprint density at radius 1 is 0.300 bits per heavy atom. The summed E-state index contributed by atoms with van der Waals surface area (Å²) in [5, 5.41) is 10.6. The van der Waals surface area contributed by atoms with Crippen LogP contribution in [0.25, 0.3) is 0 Å². The summed E-state index contributed by atoms with van der Waals surface area (Å²) < 4.78 is 68.2. The van der Waals surface area contributed by atoms with Crippen molar-refractivity contribution in [2.45, 2.75) is 277 Å². The number of aliphatic hydroxyl groups is 1. The van der Waals surface area contributed by atoms with Gasteiger partial charge in [0, 0.05) is 19.3 Å². The quantitative estimate of drug-likeness (QED) is 0.0169. The molecule has 0 aromatic carbocycles. The second-order valence-electron chi connectivity index (χ2n) is 24.1. The van der Waals surface area contributed by atoms with E-state index in [1.54, 1.807) is 12.2 Å². The van der Waals surface area contributed by atoms with Crippen LogP contribution in [0.1, 0.15) is 259 Å². The van der Waals surface area contributed by atoms with Crippen molar-refractivity contribution in [1.82, 2.24) is 0 Å². The summed E-state index contributed by atoms with van der Waals surface area (Å²) in [6.45, 7) is 4.27. The lowest BCUT2D eigenvalue weighted by atomic mass is 10.1. The summed E-state index contributed by atoms with van der Waals surface area (Å²) >= 11 is 0. The molecule has 0 aromatic rings. The number of carbonyl (C=O) groups is 4. The highest BCUT2D eigenvalue weighted by atomic mass is 31.2. The molecule has 0 saturated heterocycles. The highest BCUT2D eigenvalue weighted by Crippen LogP contribution is 2.45. The molecule has 5 unspecified atom stereocenters. The van der Waals surface area contributed by atoms with Gasteiger partial charge in [-0.1, -0.05) is 256 Å². The number of phosphoric acid groups is 2. The fraction of sp³-hybridized carbons (Fsp3) is 0.605. The van der Waals surface area contributed by atoms with Crippen LogP contribution in [0.5, 0.6) is 0 Å². The van der Waals surface area contributed by atoms with E-state index in [0.717, 1.165) is 167 Å². The van der Waals surface area contributed by atoms with Gasteiger partial charge in [-0.15, -0.1) is 0 Å². The van der Waals surface area contributed by atoms with Crippen LogP contribution >= 0.6 is 15.6 Å². The van der Waals surface area contributed by atoms with Gasteiger partial charge in [0.15, 0.2) is 12.2 Å². The molecule has 0 aliphatic rings. The lowest BCUT2D eigenvalue weighted by molar-refractivity contribution is -0.161. The number of ether oxygens (including phenoxy) is 4. The largest absolute Gasteiger partial charge is 0.472 e. The number of carbonyl (C=O) groups excluding carboxylic acids is 4. The molecule has 0 radical (unpaired) electrons. The van der Waals surface area contributed by atoms with Crippen molar-refractivity contribution in [2.75, 3.05) is 39.6 Å². The maximum atomic E-state index is 13.1. The van der Waals surface area contributed by atoms with Gasteiger partial charge in [0.2, 0.25) is 0 Å². The van der Waals surface area contributed by atoms with Gasteiger partial charge < -0.3 is 33.8 Å². The summed E-state index contributed by atoms with van der Waals surface area (Å²) in [4.78, 5) is 72.7. The number of aliphatic hydroxyl groups excluding tert-OH is 1. The van der Waals surface area contributed by atoms with Crippen molar-refractivity contribution in [1.29, 1.82) is 0 Å². The minimum atomic E-state index is -5.01. The van der Waals surface area contributed by atoms with Gasteiger partial charge >= 0.3 is 39.5 Å². The van der Waals surface area contributed by atoms with E-state index < -0.39 is 97.5 Å². The van der Waals surface area contributed by atoms with Crippen molar-refractivity contribution < 1.29 is 80.2 Å². The summed E-state index contributed by atoms with van der Waals surface area (Å²) in [5.41, 5.74) is 0. The van der Waals surface area contributed by atoms with Crippen LogP contribution in [0.15, 0.2) is 170 Å². The standard InChI is InChI=1S/C81H130O17P2/c1-5-9-13-17-21-25-29-32-35-36-37-38-41-43-47-50-54-58-62-66-79(84)92-72-77(98-81(86)68-64-60-56-52-48-44-40-34-31-27-23-19-15-11-7-3)74-96-100(89,90)94-70-75(82)69-93-99(87,88)95-73-76(97-80(85)67-63-59-55-51-45-28-24-20-16-12-8-4)71-91-78(83)65-61-57-53-49-46-42-39-33-30-26-22-18-14-10-6-2/h9-11,13-15,20-27,32-35,37-40,43,47-48,52,60,64,75-77,82H,5-8,12,16-19,28-31,36,41-42,44-46,49-51,53-59,61-63,65-74H2,1-4H3,(H,87,88)(H,89,90)/b13-9-,14-10-,15-11-,24-20-,25-21-,26-22-,27-23-,35-32-,38-37-,39-33-,40-34-,47-43-,52-48-,64-60-. The lowest BCUT2D eigenvalue weighted by Gasteiger charge is -2.21. The number of hydrogen-bond donors (Lipinski definition) is 3. The van der Waals surface area contributed by atoms with Crippen LogP contribution in [0.2, 0.25) is 0 Å². The molecule has 17 nitrogen and oxygen atoms in total. The van der Waals surface area contributed by atoms with E-state index in [-0.39, 0.29) is 25.7 Å². The Hall–Kier alpha value is -5.58. The molecule has 0 saturated carbocycles. The second-order valence-corrected chi connectivity index (χ2v) is 27.0. The first-order chi connectivity index (χ1) is 48.7. The van der Waals surface area contributed by atoms with Crippen LogP contribution in [0, 0.1) is 0 Å². The predicted octanol–water partition coefficient (Wildman–Crippen LogP) is 21.4. The number of hydrogen-bond acceptors (Lipinski definition) is 15. The van der Waals surface area contributed by atoms with Gasteiger partial charge in [-0.2, -0.15) is 0 Å². The molecular weight excluding hydrogens is 1310 g/mol. The molecule has 0 bridgehead atoms. The van der Waals surface area contributed by atoms with Crippen molar-refractivity contribution in [2.24, 2.45) is 0 Å². The Morgan fingerprint density at radius 2 is 0.560 bits per heavy atom. The maximum Gasteiger partial charge on any atom is 0.472 e.